The van der Waals surface area contributed by atoms with Crippen molar-refractivity contribution in [1.29, 1.82) is 0 Å². The predicted molar refractivity (Wildman–Crippen MR) is 108 cm³/mol. The molecule has 29 heavy (non-hydrogen) atoms. The average Bonchev–Trinajstić information content (AvgIpc) is 2.94. The Balaban J connectivity index is 2.28. The summed E-state index contributed by atoms with van der Waals surface area (Å²) in [6.07, 6.45) is 3.67. The molecule has 0 bridgehead atoms. The second kappa shape index (κ2) is 8.59. The zero-order valence-electron chi connectivity index (χ0n) is 17.1. The summed E-state index contributed by atoms with van der Waals surface area (Å²) < 4.78 is 5.37. The largest absolute Gasteiger partial charge is 0.463 e. The number of nitro groups is 1. The van der Waals surface area contributed by atoms with E-state index in [4.69, 9.17) is 4.74 Å². The molecule has 1 fully saturated rings. The zero-order chi connectivity index (χ0) is 21.1. The molecule has 0 aromatic heterocycles. The average molecular weight is 398 g/mol. The number of allylic oxidation sites excluding steroid dienone is 3. The van der Waals surface area contributed by atoms with Gasteiger partial charge < -0.3 is 9.64 Å². The number of ether oxygens (including phenoxy) is 1. The number of ketones is 1. The number of hydrogen-bond acceptors (Lipinski definition) is 6. The maximum absolute atomic E-state index is 13.1. The van der Waals surface area contributed by atoms with Crippen molar-refractivity contribution in [2.45, 2.75) is 52.4 Å². The fraction of sp³-hybridized carbons (Fsp3) is 0.455. The lowest BCUT2D eigenvalue weighted by Gasteiger charge is -2.38. The summed E-state index contributed by atoms with van der Waals surface area (Å²) in [5.41, 5.74) is 3.12. The third kappa shape index (κ3) is 3.95. The van der Waals surface area contributed by atoms with E-state index in [1.54, 1.807) is 19.1 Å². The first-order valence-electron chi connectivity index (χ1n) is 10.0. The summed E-state index contributed by atoms with van der Waals surface area (Å²) >= 11 is 0. The smallest absolute Gasteiger partial charge is 0.336 e. The molecular weight excluding hydrogens is 372 g/mol. The fourth-order valence-electron chi connectivity index (χ4n) is 4.38. The van der Waals surface area contributed by atoms with Crippen LogP contribution in [0.4, 0.5) is 5.69 Å². The maximum atomic E-state index is 13.1. The number of benzene rings is 1. The number of nitro benzene ring substituents is 1. The van der Waals surface area contributed by atoms with E-state index in [1.165, 1.54) is 19.1 Å². The van der Waals surface area contributed by atoms with E-state index in [0.29, 0.717) is 23.1 Å². The van der Waals surface area contributed by atoms with Gasteiger partial charge in [-0.15, -0.1) is 0 Å². The highest BCUT2D eigenvalue weighted by molar-refractivity contribution is 6.02. The lowest BCUT2D eigenvalue weighted by molar-refractivity contribution is -0.384. The highest BCUT2D eigenvalue weighted by Gasteiger charge is 2.40. The first kappa shape index (κ1) is 20.8. The number of carbonyl (C=O) groups is 2. The molecule has 1 atom stereocenters. The van der Waals surface area contributed by atoms with E-state index in [0.717, 1.165) is 37.2 Å². The summed E-state index contributed by atoms with van der Waals surface area (Å²) in [7, 11) is 0. The number of Topliss-reactive ketones (excluding diaryl/α,β-unsaturated/α-hetero) is 1. The summed E-state index contributed by atoms with van der Waals surface area (Å²) in [6, 6.07) is 6.19. The van der Waals surface area contributed by atoms with E-state index in [9.17, 15) is 19.7 Å². The van der Waals surface area contributed by atoms with Gasteiger partial charge in [-0.05, 0) is 45.6 Å². The Bertz CT molecular complexity index is 916. The molecule has 0 radical (unpaired) electrons. The van der Waals surface area contributed by atoms with E-state index in [-0.39, 0.29) is 18.1 Å². The molecule has 2 aliphatic heterocycles. The number of carbonyl (C=O) groups excluding carboxylic acids is 2. The van der Waals surface area contributed by atoms with Gasteiger partial charge in [-0.25, -0.2) is 4.79 Å². The topological polar surface area (TPSA) is 89.8 Å². The van der Waals surface area contributed by atoms with Gasteiger partial charge in [0.1, 0.15) is 0 Å². The molecule has 0 spiro atoms. The molecule has 1 saturated heterocycles. The summed E-state index contributed by atoms with van der Waals surface area (Å²) in [4.78, 5) is 38.7. The maximum Gasteiger partial charge on any atom is 0.336 e. The first-order chi connectivity index (χ1) is 13.9. The van der Waals surface area contributed by atoms with Crippen LogP contribution >= 0.6 is 0 Å². The minimum atomic E-state index is -0.671. The van der Waals surface area contributed by atoms with Crippen LogP contribution in [0.3, 0.4) is 0 Å². The number of nitrogens with zero attached hydrogens (tertiary/aromatic N) is 2. The van der Waals surface area contributed by atoms with Crippen molar-refractivity contribution in [3.05, 3.63) is 62.5 Å². The Morgan fingerprint density at radius 2 is 2.00 bits per heavy atom. The van der Waals surface area contributed by atoms with Crippen LogP contribution in [0.25, 0.3) is 0 Å². The van der Waals surface area contributed by atoms with Gasteiger partial charge in [-0.1, -0.05) is 18.6 Å². The Hall–Kier alpha value is -2.96. The monoisotopic (exact) mass is 398 g/mol. The SMILES string of the molecule is CCOC(=O)C1=C2CCCCCN2C(C)=C(C(C)=O)C1c1cccc([N+](=O)[O-])c1. The number of rotatable bonds is 5. The van der Waals surface area contributed by atoms with Crippen LogP contribution in [0.2, 0.25) is 0 Å². The summed E-state index contributed by atoms with van der Waals surface area (Å²) in [5, 5.41) is 11.3. The molecule has 1 aromatic rings. The van der Waals surface area contributed by atoms with E-state index >= 15 is 0 Å². The van der Waals surface area contributed by atoms with E-state index in [2.05, 4.69) is 4.90 Å². The molecule has 2 heterocycles. The normalized spacial score (nSPS) is 19.6. The number of hydrogen-bond donors (Lipinski definition) is 0. The van der Waals surface area contributed by atoms with Crippen LogP contribution in [-0.2, 0) is 14.3 Å². The van der Waals surface area contributed by atoms with Gasteiger partial charge in [-0.2, -0.15) is 0 Å². The van der Waals surface area contributed by atoms with Gasteiger partial charge in [0.2, 0.25) is 0 Å². The van der Waals surface area contributed by atoms with Crippen LogP contribution < -0.4 is 0 Å². The lowest BCUT2D eigenvalue weighted by Crippen LogP contribution is -2.35. The fourth-order valence-corrected chi connectivity index (χ4v) is 4.38. The number of esters is 1. The third-order valence-corrected chi connectivity index (χ3v) is 5.59. The third-order valence-electron chi connectivity index (χ3n) is 5.59. The van der Waals surface area contributed by atoms with Crippen molar-refractivity contribution in [3.63, 3.8) is 0 Å². The van der Waals surface area contributed by atoms with Gasteiger partial charge in [0, 0.05) is 41.6 Å². The molecule has 7 heteroatoms. The highest BCUT2D eigenvalue weighted by atomic mass is 16.6. The molecular formula is C22H26N2O5. The van der Waals surface area contributed by atoms with Crippen LogP contribution in [0, 0.1) is 10.1 Å². The van der Waals surface area contributed by atoms with Crippen molar-refractivity contribution < 1.29 is 19.2 Å². The van der Waals surface area contributed by atoms with Gasteiger partial charge in [0.15, 0.2) is 5.78 Å². The molecule has 1 aromatic carbocycles. The zero-order valence-corrected chi connectivity index (χ0v) is 17.1. The molecule has 0 saturated carbocycles. The standard InChI is InChI=1S/C22H26N2O5/c1-4-29-22(26)21-18-11-6-5-7-12-23(18)14(2)19(15(3)25)20(21)16-9-8-10-17(13-16)24(27)28/h8-10,13,20H,4-7,11-12H2,1-3H3. The minimum Gasteiger partial charge on any atom is -0.463 e. The Morgan fingerprint density at radius 1 is 1.24 bits per heavy atom. The summed E-state index contributed by atoms with van der Waals surface area (Å²) in [6.45, 7) is 6.08. The minimum absolute atomic E-state index is 0.0699. The van der Waals surface area contributed by atoms with Crippen molar-refractivity contribution >= 4 is 17.4 Å². The molecule has 7 nitrogen and oxygen atoms in total. The quantitative estimate of drug-likeness (QED) is 0.418. The van der Waals surface area contributed by atoms with Crippen molar-refractivity contribution in [3.8, 4) is 0 Å². The van der Waals surface area contributed by atoms with E-state index in [1.807, 2.05) is 6.92 Å². The highest BCUT2D eigenvalue weighted by Crippen LogP contribution is 2.45. The van der Waals surface area contributed by atoms with Crippen molar-refractivity contribution in [2.75, 3.05) is 13.2 Å². The Morgan fingerprint density at radius 3 is 2.66 bits per heavy atom. The molecule has 2 aliphatic rings. The van der Waals surface area contributed by atoms with Gasteiger partial charge in [0.25, 0.3) is 5.69 Å². The lowest BCUT2D eigenvalue weighted by atomic mass is 9.77. The van der Waals surface area contributed by atoms with Crippen LogP contribution in [0.15, 0.2) is 46.8 Å². The van der Waals surface area contributed by atoms with Crippen molar-refractivity contribution in [2.24, 2.45) is 0 Å². The number of fused-ring (bicyclic) bond motifs is 1. The van der Waals surface area contributed by atoms with Crippen LogP contribution in [0.1, 0.15) is 57.9 Å². The molecule has 1 unspecified atom stereocenters. The first-order valence-corrected chi connectivity index (χ1v) is 10.0. The van der Waals surface area contributed by atoms with Crippen LogP contribution in [0.5, 0.6) is 0 Å². The number of non-ortho nitro benzene ring substituents is 1. The predicted octanol–water partition coefficient (Wildman–Crippen LogP) is 4.25. The Kier molecular flexibility index (Phi) is 6.15. The molecule has 154 valence electrons. The second-order valence-electron chi connectivity index (χ2n) is 7.38. The van der Waals surface area contributed by atoms with E-state index < -0.39 is 16.8 Å². The van der Waals surface area contributed by atoms with Crippen molar-refractivity contribution in [1.82, 2.24) is 4.90 Å². The van der Waals surface area contributed by atoms with Gasteiger partial charge in [0.05, 0.1) is 17.1 Å². The summed E-state index contributed by atoms with van der Waals surface area (Å²) in [5.74, 6) is -1.28. The van der Waals surface area contributed by atoms with Gasteiger partial charge >= 0.3 is 5.97 Å². The van der Waals surface area contributed by atoms with Crippen LogP contribution in [-0.4, -0.2) is 34.7 Å². The molecule has 3 rings (SSSR count). The Labute approximate surface area is 170 Å². The molecule has 0 N–H and O–H groups in total. The molecule has 0 aliphatic carbocycles. The second-order valence-corrected chi connectivity index (χ2v) is 7.38. The molecule has 0 amide bonds. The van der Waals surface area contributed by atoms with Gasteiger partial charge in [-0.3, -0.25) is 14.9 Å².